The van der Waals surface area contributed by atoms with Crippen LogP contribution >= 0.6 is 0 Å². The second kappa shape index (κ2) is 7.87. The minimum absolute atomic E-state index is 0.0874. The quantitative estimate of drug-likeness (QED) is 0.743. The van der Waals surface area contributed by atoms with Crippen molar-refractivity contribution in [1.29, 1.82) is 0 Å². The Morgan fingerprint density at radius 2 is 1.86 bits per heavy atom. The van der Waals surface area contributed by atoms with Crippen molar-refractivity contribution in [1.82, 2.24) is 13.9 Å². The minimum atomic E-state index is -3.44. The molecule has 2 heterocycles. The molecule has 0 saturated carbocycles. The third kappa shape index (κ3) is 4.89. The van der Waals surface area contributed by atoms with E-state index >= 15 is 0 Å². The molecule has 2 aliphatic rings. The fourth-order valence-electron chi connectivity index (χ4n) is 3.30. The fraction of sp³-hybridized carbons (Fsp3) is 1.00. The third-order valence-corrected chi connectivity index (χ3v) is 6.43. The molecule has 0 radical (unpaired) electrons. The van der Waals surface area contributed by atoms with Crippen LogP contribution in [-0.2, 0) is 10.2 Å². The van der Waals surface area contributed by atoms with Gasteiger partial charge in [-0.3, -0.25) is 0 Å². The lowest BCUT2D eigenvalue weighted by atomic mass is 9.94. The van der Waals surface area contributed by atoms with Crippen molar-refractivity contribution in [2.45, 2.75) is 44.6 Å². The van der Waals surface area contributed by atoms with Crippen LogP contribution in [0.2, 0.25) is 0 Å². The van der Waals surface area contributed by atoms with Gasteiger partial charge in [-0.05, 0) is 58.2 Å². The van der Waals surface area contributed by atoms with Gasteiger partial charge in [-0.2, -0.15) is 12.7 Å². The van der Waals surface area contributed by atoms with Crippen LogP contribution in [0, 0.1) is 5.92 Å². The van der Waals surface area contributed by atoms with E-state index in [1.807, 2.05) is 0 Å². The highest BCUT2D eigenvalue weighted by Gasteiger charge is 2.31. The van der Waals surface area contributed by atoms with Crippen molar-refractivity contribution >= 4 is 10.2 Å². The highest BCUT2D eigenvalue weighted by molar-refractivity contribution is 7.87. The number of aliphatic hydroxyl groups is 1. The van der Waals surface area contributed by atoms with Crippen LogP contribution < -0.4 is 4.72 Å². The lowest BCUT2D eigenvalue weighted by molar-refractivity contribution is 0.153. The fourth-order valence-corrected chi connectivity index (χ4v) is 4.77. The first-order valence-electron chi connectivity index (χ1n) is 8.09. The number of piperidine rings is 2. The molecule has 0 amide bonds. The largest absolute Gasteiger partial charge is 0.395 e. The van der Waals surface area contributed by atoms with Gasteiger partial charge >= 0.3 is 0 Å². The smallest absolute Gasteiger partial charge is 0.279 e. The normalized spacial score (nSPS) is 27.0. The predicted molar refractivity (Wildman–Crippen MR) is 83.2 cm³/mol. The van der Waals surface area contributed by atoms with Crippen molar-refractivity contribution in [3.05, 3.63) is 0 Å². The third-order valence-electron chi connectivity index (χ3n) is 4.77. The Bertz CT molecular complexity index is 408. The molecular formula is C14H29N3O3S. The molecule has 0 aromatic carbocycles. The summed E-state index contributed by atoms with van der Waals surface area (Å²) in [4.78, 5) is 2.32. The topological polar surface area (TPSA) is 72.9 Å². The molecule has 2 N–H and O–H groups in total. The van der Waals surface area contributed by atoms with Gasteiger partial charge in [0, 0.05) is 19.1 Å². The molecule has 124 valence electrons. The van der Waals surface area contributed by atoms with Crippen molar-refractivity contribution < 1.29 is 13.5 Å². The Kier molecular flexibility index (Phi) is 6.43. The summed E-state index contributed by atoms with van der Waals surface area (Å²) in [5, 5.41) is 9.34. The second-order valence-corrected chi connectivity index (χ2v) is 8.09. The molecule has 2 saturated heterocycles. The summed E-state index contributed by atoms with van der Waals surface area (Å²) in [7, 11) is -1.31. The van der Waals surface area contributed by atoms with E-state index in [9.17, 15) is 13.5 Å². The monoisotopic (exact) mass is 319 g/mol. The van der Waals surface area contributed by atoms with Gasteiger partial charge in [0.1, 0.15) is 0 Å². The van der Waals surface area contributed by atoms with Gasteiger partial charge in [0.15, 0.2) is 0 Å². The number of nitrogens with zero attached hydrogens (tertiary/aromatic N) is 2. The minimum Gasteiger partial charge on any atom is -0.395 e. The number of aliphatic hydroxyl groups excluding tert-OH is 1. The standard InChI is InChI=1S/C14H29N3O3S/c1-16-10-6-13(7-11-16)5-8-15-21(19,20)17-9-3-2-4-14(17)12-18/h13-15,18H,2-12H2,1H3. The molecule has 2 fully saturated rings. The molecule has 0 aromatic rings. The molecular weight excluding hydrogens is 290 g/mol. The Labute approximate surface area is 128 Å². The molecule has 0 bridgehead atoms. The summed E-state index contributed by atoms with van der Waals surface area (Å²) >= 11 is 0. The molecule has 7 heteroatoms. The van der Waals surface area contributed by atoms with Gasteiger partial charge in [-0.25, -0.2) is 4.72 Å². The zero-order valence-corrected chi connectivity index (χ0v) is 13.8. The maximum absolute atomic E-state index is 12.3. The molecule has 2 rings (SSSR count). The highest BCUT2D eigenvalue weighted by atomic mass is 32.2. The lowest BCUT2D eigenvalue weighted by Crippen LogP contribution is -2.50. The number of nitrogens with one attached hydrogen (secondary N) is 1. The summed E-state index contributed by atoms with van der Waals surface area (Å²) in [5.41, 5.74) is 0. The van der Waals surface area contributed by atoms with Gasteiger partial charge < -0.3 is 10.0 Å². The van der Waals surface area contributed by atoms with E-state index in [1.54, 1.807) is 0 Å². The maximum Gasteiger partial charge on any atom is 0.279 e. The molecule has 1 atom stereocenters. The predicted octanol–water partition coefficient (Wildman–Crippen LogP) is 0.400. The molecule has 0 spiro atoms. The zero-order valence-electron chi connectivity index (χ0n) is 13.0. The summed E-state index contributed by atoms with van der Waals surface area (Å²) in [6, 6.07) is -0.250. The number of likely N-dealkylation sites (tertiary alicyclic amines) is 1. The van der Waals surface area contributed by atoms with Gasteiger partial charge in [0.2, 0.25) is 0 Å². The summed E-state index contributed by atoms with van der Waals surface area (Å²) < 4.78 is 28.9. The van der Waals surface area contributed by atoms with Gasteiger partial charge in [0.25, 0.3) is 10.2 Å². The first-order chi connectivity index (χ1) is 10.0. The first-order valence-corrected chi connectivity index (χ1v) is 9.53. The summed E-state index contributed by atoms with van der Waals surface area (Å²) in [5.74, 6) is 0.624. The molecule has 21 heavy (non-hydrogen) atoms. The Morgan fingerprint density at radius 1 is 1.14 bits per heavy atom. The van der Waals surface area contributed by atoms with E-state index in [0.29, 0.717) is 19.0 Å². The van der Waals surface area contributed by atoms with Crippen molar-refractivity contribution in [3.63, 3.8) is 0 Å². The van der Waals surface area contributed by atoms with E-state index in [0.717, 1.165) is 51.6 Å². The Balaban J connectivity index is 1.78. The number of hydrogen-bond donors (Lipinski definition) is 2. The van der Waals surface area contributed by atoms with E-state index in [2.05, 4.69) is 16.7 Å². The average molecular weight is 319 g/mol. The second-order valence-electron chi connectivity index (χ2n) is 6.38. The Morgan fingerprint density at radius 3 is 2.52 bits per heavy atom. The van der Waals surface area contributed by atoms with Crippen LogP contribution in [0.5, 0.6) is 0 Å². The highest BCUT2D eigenvalue weighted by Crippen LogP contribution is 2.21. The van der Waals surface area contributed by atoms with Crippen molar-refractivity contribution in [2.24, 2.45) is 5.92 Å². The van der Waals surface area contributed by atoms with Crippen molar-refractivity contribution in [3.8, 4) is 0 Å². The van der Waals surface area contributed by atoms with Gasteiger partial charge in [-0.1, -0.05) is 6.42 Å². The van der Waals surface area contributed by atoms with E-state index < -0.39 is 10.2 Å². The van der Waals surface area contributed by atoms with Gasteiger partial charge in [-0.15, -0.1) is 0 Å². The maximum atomic E-state index is 12.3. The van der Waals surface area contributed by atoms with Crippen LogP contribution in [0.15, 0.2) is 0 Å². The van der Waals surface area contributed by atoms with E-state index in [1.165, 1.54) is 4.31 Å². The number of hydrogen-bond acceptors (Lipinski definition) is 4. The molecule has 1 unspecified atom stereocenters. The molecule has 0 aromatic heterocycles. The summed E-state index contributed by atoms with van der Waals surface area (Å²) in [6.07, 6.45) is 5.85. The van der Waals surface area contributed by atoms with Crippen LogP contribution in [-0.4, -0.2) is 68.6 Å². The van der Waals surface area contributed by atoms with Gasteiger partial charge in [0.05, 0.1) is 6.61 Å². The average Bonchev–Trinajstić information content (AvgIpc) is 2.49. The van der Waals surface area contributed by atoms with Crippen molar-refractivity contribution in [2.75, 3.05) is 39.8 Å². The zero-order chi connectivity index (χ0) is 15.3. The molecule has 2 aliphatic heterocycles. The first kappa shape index (κ1) is 17.1. The van der Waals surface area contributed by atoms with Crippen LogP contribution in [0.4, 0.5) is 0 Å². The van der Waals surface area contributed by atoms with Crippen LogP contribution in [0.1, 0.15) is 38.5 Å². The van der Waals surface area contributed by atoms with Crippen LogP contribution in [0.3, 0.4) is 0 Å². The Hall–Kier alpha value is -0.210. The van der Waals surface area contributed by atoms with Crippen LogP contribution in [0.25, 0.3) is 0 Å². The molecule has 0 aliphatic carbocycles. The molecule has 6 nitrogen and oxygen atoms in total. The number of rotatable bonds is 6. The SMILES string of the molecule is CN1CCC(CCNS(=O)(=O)N2CCCCC2CO)CC1. The lowest BCUT2D eigenvalue weighted by Gasteiger charge is -2.33. The summed E-state index contributed by atoms with van der Waals surface area (Å²) in [6.45, 7) is 3.16. The van der Waals surface area contributed by atoms with E-state index in [4.69, 9.17) is 0 Å². The van der Waals surface area contributed by atoms with E-state index in [-0.39, 0.29) is 12.6 Å².